The molecule has 39 heavy (non-hydrogen) atoms. The highest BCUT2D eigenvalue weighted by molar-refractivity contribution is 7.99. The van der Waals surface area contributed by atoms with Crippen molar-refractivity contribution in [2.45, 2.75) is 30.4 Å². The zero-order chi connectivity index (χ0) is 26.7. The standard InChI is InChI=1S/C29H29F4N2O2S.ClH/c30-22-7-5-20(6-8-22)18-34(26-4-2-1-3-24(26)32)29(36)37-27-19-35(13-11-21(27)12-14-35)15-16-38-28-10-9-23(31)17-25(28)33;/h1-10,17,21,27H,11-16,18-19H2;1H/q+1;/p-1/t21?,27-,35?;/m0./s1. The van der Waals surface area contributed by atoms with Crippen molar-refractivity contribution in [3.63, 3.8) is 0 Å². The summed E-state index contributed by atoms with van der Waals surface area (Å²) in [6.45, 7) is 3.37. The van der Waals surface area contributed by atoms with E-state index in [1.165, 1.54) is 53.1 Å². The summed E-state index contributed by atoms with van der Waals surface area (Å²) in [5.74, 6) is -1.22. The summed E-state index contributed by atoms with van der Waals surface area (Å²) in [6.07, 6.45) is 0.857. The van der Waals surface area contributed by atoms with Crippen LogP contribution in [0.5, 0.6) is 0 Å². The van der Waals surface area contributed by atoms with E-state index < -0.39 is 29.4 Å². The molecular formula is C29H29ClF4N2O2S. The zero-order valence-corrected chi connectivity index (χ0v) is 22.7. The van der Waals surface area contributed by atoms with Crippen LogP contribution in [0.1, 0.15) is 18.4 Å². The minimum absolute atomic E-state index is 0. The van der Waals surface area contributed by atoms with Crippen molar-refractivity contribution in [3.8, 4) is 0 Å². The lowest BCUT2D eigenvalue weighted by molar-refractivity contribution is -0.943. The van der Waals surface area contributed by atoms with Crippen LogP contribution in [0.3, 0.4) is 0 Å². The largest absolute Gasteiger partial charge is 1.00 e. The highest BCUT2D eigenvalue weighted by atomic mass is 35.5. The van der Waals surface area contributed by atoms with Gasteiger partial charge in [-0.3, -0.25) is 4.90 Å². The fraction of sp³-hybridized carbons (Fsp3) is 0.345. The van der Waals surface area contributed by atoms with Gasteiger partial charge >= 0.3 is 6.09 Å². The second-order valence-corrected chi connectivity index (χ2v) is 11.2. The number of nitrogens with zero attached hydrogens (tertiary/aromatic N) is 2. The van der Waals surface area contributed by atoms with E-state index in [1.54, 1.807) is 24.3 Å². The van der Waals surface area contributed by atoms with Crippen LogP contribution in [0.15, 0.2) is 71.6 Å². The molecule has 3 aliphatic rings. The lowest BCUT2D eigenvalue weighted by Gasteiger charge is -2.52. The van der Waals surface area contributed by atoms with Gasteiger partial charge in [-0.25, -0.2) is 22.4 Å². The Bertz CT molecular complexity index is 1290. The maximum Gasteiger partial charge on any atom is 0.415 e. The molecule has 0 radical (unpaired) electrons. The summed E-state index contributed by atoms with van der Waals surface area (Å²) in [6, 6.07) is 15.4. The summed E-state index contributed by atoms with van der Waals surface area (Å²) < 4.78 is 62.2. The number of para-hydroxylation sites is 1. The molecule has 0 unspecified atom stereocenters. The van der Waals surface area contributed by atoms with Crippen LogP contribution in [0.4, 0.5) is 28.0 Å². The van der Waals surface area contributed by atoms with Gasteiger partial charge in [0.15, 0.2) is 6.10 Å². The number of anilines is 1. The summed E-state index contributed by atoms with van der Waals surface area (Å²) in [5, 5.41) is 0. The maximum atomic E-state index is 14.7. The SMILES string of the molecule is O=C(O[C@H]1C[N+]2(CCSc3ccc(F)cc3F)CCC1CC2)N(Cc1ccc(F)cc1)c1ccccc1F.[Cl-]. The topological polar surface area (TPSA) is 29.5 Å². The molecule has 1 atom stereocenters. The molecule has 3 fully saturated rings. The van der Waals surface area contributed by atoms with Crippen molar-refractivity contribution >= 4 is 23.5 Å². The molecule has 10 heteroatoms. The molecule has 0 N–H and O–H groups in total. The third kappa shape index (κ3) is 6.88. The maximum absolute atomic E-state index is 14.7. The Labute approximate surface area is 235 Å². The van der Waals surface area contributed by atoms with E-state index in [0.717, 1.165) is 43.0 Å². The molecule has 208 valence electrons. The number of carbonyl (C=O) groups excluding carboxylic acids is 1. The molecule has 3 saturated heterocycles. The van der Waals surface area contributed by atoms with Gasteiger partial charge in [0.1, 0.15) is 29.8 Å². The number of ether oxygens (including phenoxy) is 1. The van der Waals surface area contributed by atoms with Crippen molar-refractivity contribution in [1.29, 1.82) is 0 Å². The Morgan fingerprint density at radius 1 is 0.923 bits per heavy atom. The van der Waals surface area contributed by atoms with Gasteiger partial charge in [-0.05, 0) is 42.0 Å². The Morgan fingerprint density at radius 3 is 2.31 bits per heavy atom. The molecule has 0 aliphatic carbocycles. The summed E-state index contributed by atoms with van der Waals surface area (Å²) >= 11 is 1.36. The Hall–Kier alpha value is -2.75. The third-order valence-electron chi connectivity index (χ3n) is 7.63. The minimum atomic E-state index is -0.640. The average Bonchev–Trinajstić information content (AvgIpc) is 2.91. The number of rotatable bonds is 8. The van der Waals surface area contributed by atoms with Crippen molar-refractivity contribution in [2.75, 3.05) is 36.8 Å². The van der Waals surface area contributed by atoms with E-state index in [2.05, 4.69) is 0 Å². The molecule has 3 aromatic rings. The molecule has 1 amide bonds. The van der Waals surface area contributed by atoms with E-state index in [4.69, 9.17) is 4.74 Å². The Morgan fingerprint density at radius 2 is 1.62 bits per heavy atom. The van der Waals surface area contributed by atoms with Gasteiger partial charge in [-0.1, -0.05) is 24.3 Å². The Kier molecular flexibility index (Phi) is 9.46. The summed E-state index contributed by atoms with van der Waals surface area (Å²) in [4.78, 5) is 15.1. The lowest BCUT2D eigenvalue weighted by atomic mass is 9.83. The van der Waals surface area contributed by atoms with Gasteiger partial charge < -0.3 is 21.6 Å². The molecule has 6 rings (SSSR count). The predicted molar refractivity (Wildman–Crippen MR) is 139 cm³/mol. The van der Waals surface area contributed by atoms with Gasteiger partial charge in [-0.2, -0.15) is 0 Å². The van der Waals surface area contributed by atoms with Crippen LogP contribution in [0, 0.1) is 29.2 Å². The van der Waals surface area contributed by atoms with Crippen molar-refractivity contribution in [1.82, 2.24) is 0 Å². The smallest absolute Gasteiger partial charge is 0.415 e. The van der Waals surface area contributed by atoms with E-state index in [0.29, 0.717) is 22.8 Å². The number of fused-ring (bicyclic) bond motifs is 3. The second-order valence-electron chi connectivity index (χ2n) is 10.0. The average molecular weight is 581 g/mol. The van der Waals surface area contributed by atoms with E-state index in [1.807, 2.05) is 0 Å². The lowest BCUT2D eigenvalue weighted by Crippen LogP contribution is -3.00. The number of benzene rings is 3. The number of thioether (sulfide) groups is 1. The fourth-order valence-corrected chi connectivity index (χ4v) is 6.55. The molecule has 3 aromatic carbocycles. The van der Waals surface area contributed by atoms with Gasteiger partial charge in [0.2, 0.25) is 0 Å². The highest BCUT2D eigenvalue weighted by Gasteiger charge is 2.47. The first-order valence-electron chi connectivity index (χ1n) is 12.7. The zero-order valence-electron chi connectivity index (χ0n) is 21.2. The van der Waals surface area contributed by atoms with Crippen LogP contribution in [-0.2, 0) is 11.3 Å². The Balaban J connectivity index is 0.00000353. The first-order chi connectivity index (χ1) is 18.3. The molecular weight excluding hydrogens is 552 g/mol. The summed E-state index contributed by atoms with van der Waals surface area (Å²) in [7, 11) is 0. The predicted octanol–water partition coefficient (Wildman–Crippen LogP) is 3.79. The highest BCUT2D eigenvalue weighted by Crippen LogP contribution is 2.37. The van der Waals surface area contributed by atoms with Crippen LogP contribution >= 0.6 is 11.8 Å². The number of halogens is 5. The van der Waals surface area contributed by atoms with Crippen molar-refractivity contribution in [2.24, 2.45) is 5.92 Å². The van der Waals surface area contributed by atoms with E-state index >= 15 is 0 Å². The second kappa shape index (κ2) is 12.6. The monoisotopic (exact) mass is 580 g/mol. The number of hydrogen-bond acceptors (Lipinski definition) is 3. The molecule has 4 nitrogen and oxygen atoms in total. The number of amides is 1. The molecule has 0 aromatic heterocycles. The molecule has 0 saturated carbocycles. The van der Waals surface area contributed by atoms with Crippen LogP contribution in [0.2, 0.25) is 0 Å². The molecule has 0 spiro atoms. The fourth-order valence-electron chi connectivity index (χ4n) is 5.49. The van der Waals surface area contributed by atoms with E-state index in [-0.39, 0.29) is 36.7 Å². The molecule has 3 aliphatic heterocycles. The van der Waals surface area contributed by atoms with Crippen LogP contribution < -0.4 is 17.3 Å². The number of piperidine rings is 3. The van der Waals surface area contributed by atoms with Crippen LogP contribution in [-0.4, -0.2) is 48.6 Å². The van der Waals surface area contributed by atoms with Gasteiger partial charge in [0.05, 0.1) is 31.9 Å². The van der Waals surface area contributed by atoms with E-state index in [9.17, 15) is 22.4 Å². The molecule has 2 bridgehead atoms. The minimum Gasteiger partial charge on any atom is -1.00 e. The van der Waals surface area contributed by atoms with Crippen LogP contribution in [0.25, 0.3) is 0 Å². The van der Waals surface area contributed by atoms with Crippen molar-refractivity contribution in [3.05, 3.63) is 95.6 Å². The number of quaternary nitrogens is 1. The van der Waals surface area contributed by atoms with Gasteiger partial charge in [0, 0.05) is 35.5 Å². The van der Waals surface area contributed by atoms with Gasteiger partial charge in [-0.15, -0.1) is 11.8 Å². The normalized spacial score (nSPS) is 21.7. The van der Waals surface area contributed by atoms with Crippen molar-refractivity contribution < 1.29 is 44.0 Å². The number of carbonyl (C=O) groups is 1. The number of hydrogen-bond donors (Lipinski definition) is 0. The summed E-state index contributed by atoms with van der Waals surface area (Å²) in [5.41, 5.74) is 0.749. The third-order valence-corrected chi connectivity index (χ3v) is 8.66. The quantitative estimate of drug-likeness (QED) is 0.231. The van der Waals surface area contributed by atoms with Gasteiger partial charge in [0.25, 0.3) is 0 Å². The first kappa shape index (κ1) is 29.2. The first-order valence-corrected chi connectivity index (χ1v) is 13.7. The molecule has 3 heterocycles.